The smallest absolute Gasteiger partial charge is 0.280 e. The molecule has 4 nitrogen and oxygen atoms in total. The second kappa shape index (κ2) is 8.38. The first-order valence-electron chi connectivity index (χ1n) is 8.26. The fourth-order valence-corrected chi connectivity index (χ4v) is 2.59. The number of carbonyl (C=O) groups is 1. The van der Waals surface area contributed by atoms with Gasteiger partial charge in [-0.15, -0.1) is 0 Å². The summed E-state index contributed by atoms with van der Waals surface area (Å²) in [5, 5.41) is 6.49. The Morgan fingerprint density at radius 3 is 2.65 bits per heavy atom. The second-order valence-electron chi connectivity index (χ2n) is 6.01. The van der Waals surface area contributed by atoms with Crippen LogP contribution >= 0.6 is 0 Å². The molecule has 0 saturated heterocycles. The van der Waals surface area contributed by atoms with E-state index in [4.69, 9.17) is 4.84 Å². The molecule has 0 fully saturated rings. The van der Waals surface area contributed by atoms with Crippen molar-refractivity contribution in [2.24, 2.45) is 5.16 Å². The quantitative estimate of drug-likeness (QED) is 0.804. The Labute approximate surface area is 150 Å². The summed E-state index contributed by atoms with van der Waals surface area (Å²) in [5.74, 6) is -1.93. The number of amides is 1. The summed E-state index contributed by atoms with van der Waals surface area (Å²) in [4.78, 5) is 17.1. The van der Waals surface area contributed by atoms with Gasteiger partial charge in [0.05, 0.1) is 12.3 Å². The average molecular weight is 356 g/mol. The Bertz CT molecular complexity index is 817. The molecule has 0 spiro atoms. The first-order chi connectivity index (χ1) is 12.6. The van der Waals surface area contributed by atoms with Gasteiger partial charge in [-0.05, 0) is 29.3 Å². The molecule has 0 aromatic heterocycles. The Morgan fingerprint density at radius 2 is 1.92 bits per heavy atom. The first-order valence-corrected chi connectivity index (χ1v) is 8.26. The molecule has 2 aromatic carbocycles. The second-order valence-corrected chi connectivity index (χ2v) is 6.01. The van der Waals surface area contributed by atoms with Crippen molar-refractivity contribution < 1.29 is 18.4 Å². The average Bonchev–Trinajstić information content (AvgIpc) is 3.10. The molecule has 1 aliphatic heterocycles. The lowest BCUT2D eigenvalue weighted by Crippen LogP contribution is -2.32. The lowest BCUT2D eigenvalue weighted by molar-refractivity contribution is -0.119. The van der Waals surface area contributed by atoms with Gasteiger partial charge in [0.25, 0.3) is 5.91 Å². The molecule has 0 saturated carbocycles. The lowest BCUT2D eigenvalue weighted by Gasteiger charge is -2.09. The number of rotatable bonds is 6. The van der Waals surface area contributed by atoms with Crippen LogP contribution in [-0.2, 0) is 16.1 Å². The van der Waals surface area contributed by atoms with Gasteiger partial charge in [0.2, 0.25) is 0 Å². The highest BCUT2D eigenvalue weighted by atomic mass is 19.1. The zero-order valence-electron chi connectivity index (χ0n) is 14.0. The number of hydrogen-bond donors (Lipinski definition) is 1. The van der Waals surface area contributed by atoms with E-state index in [2.05, 4.69) is 10.5 Å². The molecule has 1 unspecified atom stereocenters. The van der Waals surface area contributed by atoms with Gasteiger partial charge in [-0.25, -0.2) is 8.78 Å². The molecule has 0 radical (unpaired) electrons. The van der Waals surface area contributed by atoms with Gasteiger partial charge in [-0.3, -0.25) is 4.79 Å². The maximum Gasteiger partial charge on any atom is 0.280 e. The Balaban J connectivity index is 1.45. The molecular weight excluding hydrogens is 338 g/mol. The van der Waals surface area contributed by atoms with Crippen LogP contribution in [0.5, 0.6) is 0 Å². The minimum Gasteiger partial charge on any atom is -0.390 e. The van der Waals surface area contributed by atoms with Crippen molar-refractivity contribution in [1.29, 1.82) is 0 Å². The molecule has 0 bridgehead atoms. The molecule has 26 heavy (non-hydrogen) atoms. The zero-order chi connectivity index (χ0) is 18.4. The molecule has 1 atom stereocenters. The fraction of sp³-hybridized carbons (Fsp3) is 0.200. The molecule has 1 N–H and O–H groups in total. The normalized spacial score (nSPS) is 16.8. The Morgan fingerprint density at radius 1 is 1.19 bits per heavy atom. The van der Waals surface area contributed by atoms with Crippen LogP contribution in [0.2, 0.25) is 0 Å². The minimum atomic E-state index is -0.860. The van der Waals surface area contributed by atoms with E-state index in [0.29, 0.717) is 18.4 Å². The van der Waals surface area contributed by atoms with E-state index < -0.39 is 11.7 Å². The van der Waals surface area contributed by atoms with Crippen molar-refractivity contribution in [3.05, 3.63) is 77.4 Å². The summed E-state index contributed by atoms with van der Waals surface area (Å²) in [5.41, 5.74) is 2.34. The molecule has 6 heteroatoms. The molecule has 2 aromatic rings. The van der Waals surface area contributed by atoms with Crippen molar-refractivity contribution in [2.75, 3.05) is 6.54 Å². The molecular formula is C20H18F2N2O2. The number of oxime groups is 1. The van der Waals surface area contributed by atoms with E-state index in [1.54, 1.807) is 36.4 Å². The van der Waals surface area contributed by atoms with E-state index >= 15 is 0 Å². The number of benzene rings is 2. The van der Waals surface area contributed by atoms with Crippen LogP contribution in [0.25, 0.3) is 6.08 Å². The number of nitrogens with zero attached hydrogens (tertiary/aromatic N) is 1. The summed E-state index contributed by atoms with van der Waals surface area (Å²) in [6.07, 6.45) is 1.93. The highest BCUT2D eigenvalue weighted by Crippen LogP contribution is 2.15. The number of halogens is 2. The van der Waals surface area contributed by atoms with Gasteiger partial charge in [-0.1, -0.05) is 47.6 Å². The lowest BCUT2D eigenvalue weighted by atomic mass is 10.0. The van der Waals surface area contributed by atoms with E-state index in [0.717, 1.165) is 11.3 Å². The Kier molecular flexibility index (Phi) is 5.73. The summed E-state index contributed by atoms with van der Waals surface area (Å²) in [6.45, 7) is 0.158. The highest BCUT2D eigenvalue weighted by Gasteiger charge is 2.22. The molecule has 1 aliphatic rings. The maximum absolute atomic E-state index is 13.9. The van der Waals surface area contributed by atoms with E-state index in [-0.39, 0.29) is 18.5 Å². The summed E-state index contributed by atoms with van der Waals surface area (Å²) >= 11 is 0. The van der Waals surface area contributed by atoms with Crippen LogP contribution in [-0.4, -0.2) is 24.3 Å². The van der Waals surface area contributed by atoms with E-state index in [1.807, 2.05) is 6.07 Å². The van der Waals surface area contributed by atoms with Crippen LogP contribution in [0.15, 0.2) is 65.6 Å². The van der Waals surface area contributed by atoms with Gasteiger partial charge in [0.15, 0.2) is 5.83 Å². The predicted octanol–water partition coefficient (Wildman–Crippen LogP) is 3.64. The van der Waals surface area contributed by atoms with Crippen LogP contribution in [0.1, 0.15) is 17.5 Å². The molecule has 1 amide bonds. The highest BCUT2D eigenvalue weighted by molar-refractivity contribution is 5.95. The van der Waals surface area contributed by atoms with Crippen molar-refractivity contribution in [2.45, 2.75) is 18.9 Å². The van der Waals surface area contributed by atoms with Crippen LogP contribution in [0.4, 0.5) is 8.78 Å². The number of nitrogens with one attached hydrogen (secondary N) is 1. The van der Waals surface area contributed by atoms with Crippen LogP contribution in [0.3, 0.4) is 0 Å². The third-order valence-corrected chi connectivity index (χ3v) is 3.92. The maximum atomic E-state index is 13.9. The van der Waals surface area contributed by atoms with Crippen molar-refractivity contribution in [3.8, 4) is 0 Å². The fourth-order valence-electron chi connectivity index (χ4n) is 2.59. The van der Waals surface area contributed by atoms with Crippen molar-refractivity contribution in [3.63, 3.8) is 0 Å². The van der Waals surface area contributed by atoms with Gasteiger partial charge in [-0.2, -0.15) is 0 Å². The SMILES string of the molecule is O=C(NCC1CC(Cc2ccc(F)cc2)=NO1)/C(F)=C/c1ccccc1. The summed E-state index contributed by atoms with van der Waals surface area (Å²) < 4.78 is 26.8. The van der Waals surface area contributed by atoms with E-state index in [1.165, 1.54) is 18.2 Å². The third kappa shape index (κ3) is 4.99. The standard InChI is InChI=1S/C20H18F2N2O2/c21-16-8-6-15(7-9-16)10-17-12-18(26-24-17)13-23-20(25)19(22)11-14-4-2-1-3-5-14/h1-9,11,18H,10,12-13H2,(H,23,25)/b19-11-. The Hall–Kier alpha value is -3.02. The zero-order valence-corrected chi connectivity index (χ0v) is 14.0. The van der Waals surface area contributed by atoms with Crippen LogP contribution in [0, 0.1) is 5.82 Å². The van der Waals surface area contributed by atoms with E-state index in [9.17, 15) is 13.6 Å². The molecule has 1 heterocycles. The summed E-state index contributed by atoms with van der Waals surface area (Å²) in [7, 11) is 0. The first kappa shape index (κ1) is 17.8. The third-order valence-electron chi connectivity index (χ3n) is 3.92. The molecule has 134 valence electrons. The van der Waals surface area contributed by atoms with Gasteiger partial charge >= 0.3 is 0 Å². The monoisotopic (exact) mass is 356 g/mol. The van der Waals surface area contributed by atoms with Gasteiger partial charge < -0.3 is 10.2 Å². The number of carbonyl (C=O) groups excluding carboxylic acids is 1. The minimum absolute atomic E-state index is 0.158. The van der Waals surface area contributed by atoms with Crippen LogP contribution < -0.4 is 5.32 Å². The van der Waals surface area contributed by atoms with Crippen molar-refractivity contribution >= 4 is 17.7 Å². The van der Waals surface area contributed by atoms with Crippen molar-refractivity contribution in [1.82, 2.24) is 5.32 Å². The predicted molar refractivity (Wildman–Crippen MR) is 95.6 cm³/mol. The van der Waals surface area contributed by atoms with Gasteiger partial charge in [0.1, 0.15) is 11.9 Å². The largest absolute Gasteiger partial charge is 0.390 e. The van der Waals surface area contributed by atoms with Gasteiger partial charge in [0, 0.05) is 12.8 Å². The molecule has 3 rings (SSSR count). The number of hydrogen-bond acceptors (Lipinski definition) is 3. The summed E-state index contributed by atoms with van der Waals surface area (Å²) in [6, 6.07) is 14.9. The molecule has 0 aliphatic carbocycles. The topological polar surface area (TPSA) is 50.7 Å².